The van der Waals surface area contributed by atoms with Crippen LogP contribution < -0.4 is 5.73 Å². The van der Waals surface area contributed by atoms with E-state index in [1.165, 1.54) is 16.7 Å². The molecule has 3 nitrogen and oxygen atoms in total. The highest BCUT2D eigenvalue weighted by atomic mass is 16.5. The summed E-state index contributed by atoms with van der Waals surface area (Å²) in [6.45, 7) is 8.42. The van der Waals surface area contributed by atoms with Crippen molar-refractivity contribution in [2.45, 2.75) is 45.3 Å². The Morgan fingerprint density at radius 3 is 2.63 bits per heavy atom. The molecule has 1 aromatic carbocycles. The van der Waals surface area contributed by atoms with Gasteiger partial charge in [0.25, 0.3) is 0 Å². The van der Waals surface area contributed by atoms with Crippen LogP contribution in [0.3, 0.4) is 0 Å². The van der Waals surface area contributed by atoms with E-state index >= 15 is 0 Å². The van der Waals surface area contributed by atoms with Crippen LogP contribution >= 0.6 is 0 Å². The zero-order valence-electron chi connectivity index (χ0n) is 12.2. The first-order valence-corrected chi connectivity index (χ1v) is 7.13. The van der Waals surface area contributed by atoms with Crippen LogP contribution in [0.2, 0.25) is 0 Å². The van der Waals surface area contributed by atoms with Gasteiger partial charge in [-0.2, -0.15) is 0 Å². The summed E-state index contributed by atoms with van der Waals surface area (Å²) in [4.78, 5) is 0. The molecule has 2 N–H and O–H groups in total. The third-order valence-corrected chi connectivity index (χ3v) is 4.11. The summed E-state index contributed by atoms with van der Waals surface area (Å²) >= 11 is 0. The van der Waals surface area contributed by atoms with Crippen LogP contribution in [-0.4, -0.2) is 25.4 Å². The van der Waals surface area contributed by atoms with Crippen LogP contribution in [0.15, 0.2) is 18.2 Å². The molecule has 1 aliphatic rings. The Hall–Kier alpha value is -0.900. The van der Waals surface area contributed by atoms with Crippen LogP contribution in [-0.2, 0) is 9.47 Å². The van der Waals surface area contributed by atoms with Crippen molar-refractivity contribution in [3.63, 3.8) is 0 Å². The Labute approximate surface area is 116 Å². The second-order valence-corrected chi connectivity index (χ2v) is 5.45. The number of hydrogen-bond donors (Lipinski definition) is 1. The molecule has 19 heavy (non-hydrogen) atoms. The molecule has 1 heterocycles. The fourth-order valence-electron chi connectivity index (χ4n) is 2.93. The van der Waals surface area contributed by atoms with E-state index in [2.05, 4.69) is 32.0 Å². The summed E-state index contributed by atoms with van der Waals surface area (Å²) in [5, 5.41) is 0. The Morgan fingerprint density at radius 2 is 2.00 bits per heavy atom. The minimum atomic E-state index is -0.272. The number of rotatable bonds is 4. The molecule has 1 aromatic rings. The fourth-order valence-corrected chi connectivity index (χ4v) is 2.93. The van der Waals surface area contributed by atoms with Crippen LogP contribution in [0, 0.1) is 13.8 Å². The summed E-state index contributed by atoms with van der Waals surface area (Å²) in [7, 11) is 0. The van der Waals surface area contributed by atoms with Gasteiger partial charge in [0.05, 0.1) is 11.6 Å². The highest BCUT2D eigenvalue weighted by Gasteiger charge is 2.40. The van der Waals surface area contributed by atoms with E-state index in [1.54, 1.807) is 0 Å². The zero-order valence-corrected chi connectivity index (χ0v) is 12.2. The molecular formula is C16H25NO2. The number of ether oxygens (including phenoxy) is 2. The van der Waals surface area contributed by atoms with E-state index in [-0.39, 0.29) is 11.6 Å². The Bertz CT molecular complexity index is 419. The topological polar surface area (TPSA) is 44.5 Å². The number of hydrogen-bond acceptors (Lipinski definition) is 3. The van der Waals surface area contributed by atoms with Crippen LogP contribution in [0.25, 0.3) is 0 Å². The average Bonchev–Trinajstić information content (AvgIpc) is 2.42. The van der Waals surface area contributed by atoms with Gasteiger partial charge in [-0.15, -0.1) is 0 Å². The first-order valence-electron chi connectivity index (χ1n) is 7.13. The molecule has 0 saturated carbocycles. The maximum Gasteiger partial charge on any atom is 0.0917 e. The largest absolute Gasteiger partial charge is 0.381 e. The zero-order chi connectivity index (χ0) is 13.9. The number of aryl methyl sites for hydroxylation is 2. The van der Waals surface area contributed by atoms with Crippen molar-refractivity contribution in [1.82, 2.24) is 0 Å². The highest BCUT2D eigenvalue weighted by molar-refractivity contribution is 5.34. The Balaban J connectivity index is 2.32. The molecule has 0 radical (unpaired) electrons. The van der Waals surface area contributed by atoms with Crippen molar-refractivity contribution >= 4 is 0 Å². The van der Waals surface area contributed by atoms with Gasteiger partial charge in [0.2, 0.25) is 0 Å². The molecule has 0 bridgehead atoms. The van der Waals surface area contributed by atoms with Crippen molar-refractivity contribution < 1.29 is 9.47 Å². The summed E-state index contributed by atoms with van der Waals surface area (Å²) in [6.07, 6.45) is 1.74. The van der Waals surface area contributed by atoms with Gasteiger partial charge in [-0.3, -0.25) is 0 Å². The van der Waals surface area contributed by atoms with Gasteiger partial charge < -0.3 is 15.2 Å². The quantitative estimate of drug-likeness (QED) is 0.908. The minimum Gasteiger partial charge on any atom is -0.381 e. The number of nitrogens with two attached hydrogens (primary N) is 1. The van der Waals surface area contributed by atoms with Gasteiger partial charge >= 0.3 is 0 Å². The van der Waals surface area contributed by atoms with Crippen LogP contribution in [0.1, 0.15) is 42.5 Å². The molecule has 1 unspecified atom stereocenters. The molecule has 1 aliphatic heterocycles. The molecule has 2 rings (SSSR count). The monoisotopic (exact) mass is 263 g/mol. The van der Waals surface area contributed by atoms with Crippen molar-refractivity contribution in [2.75, 3.05) is 19.8 Å². The van der Waals surface area contributed by atoms with Crippen molar-refractivity contribution in [2.24, 2.45) is 5.73 Å². The molecule has 0 aliphatic carbocycles. The molecule has 0 amide bonds. The summed E-state index contributed by atoms with van der Waals surface area (Å²) in [6, 6.07) is 6.37. The maximum atomic E-state index is 6.58. The molecule has 1 atom stereocenters. The molecule has 1 saturated heterocycles. The molecule has 3 heteroatoms. The van der Waals surface area contributed by atoms with E-state index in [4.69, 9.17) is 15.2 Å². The van der Waals surface area contributed by atoms with E-state index in [0.29, 0.717) is 6.61 Å². The smallest absolute Gasteiger partial charge is 0.0917 e. The van der Waals surface area contributed by atoms with Gasteiger partial charge in [-0.05, 0) is 31.9 Å². The summed E-state index contributed by atoms with van der Waals surface area (Å²) in [5.41, 5.74) is 10.00. The van der Waals surface area contributed by atoms with Crippen molar-refractivity contribution in [1.29, 1.82) is 0 Å². The lowest BCUT2D eigenvalue weighted by Crippen LogP contribution is -2.48. The second kappa shape index (κ2) is 6.04. The van der Waals surface area contributed by atoms with Crippen LogP contribution in [0.5, 0.6) is 0 Å². The molecular weight excluding hydrogens is 238 g/mol. The standard InChI is InChI=1S/C16H25NO2/c1-4-19-16(7-9-18-10-8-16)15(17)14-11-12(2)5-6-13(14)3/h5-6,11,15H,4,7-10,17H2,1-3H3. The lowest BCUT2D eigenvalue weighted by molar-refractivity contribution is -0.121. The summed E-state index contributed by atoms with van der Waals surface area (Å²) in [5.74, 6) is 0. The molecule has 1 fully saturated rings. The number of benzene rings is 1. The normalized spacial score (nSPS) is 20.2. The first kappa shape index (κ1) is 14.5. The molecule has 0 aromatic heterocycles. The lowest BCUT2D eigenvalue weighted by Gasteiger charge is -2.42. The third kappa shape index (κ3) is 2.99. The lowest BCUT2D eigenvalue weighted by atomic mass is 9.81. The van der Waals surface area contributed by atoms with Crippen molar-refractivity contribution in [3.05, 3.63) is 34.9 Å². The van der Waals surface area contributed by atoms with E-state index in [9.17, 15) is 0 Å². The van der Waals surface area contributed by atoms with Crippen LogP contribution in [0.4, 0.5) is 0 Å². The minimum absolute atomic E-state index is 0.0868. The average molecular weight is 263 g/mol. The Morgan fingerprint density at radius 1 is 1.32 bits per heavy atom. The fraction of sp³-hybridized carbons (Fsp3) is 0.625. The SMILES string of the molecule is CCOC1(C(N)c2cc(C)ccc2C)CCOCC1. The van der Waals surface area contributed by atoms with E-state index in [0.717, 1.165) is 26.1 Å². The van der Waals surface area contributed by atoms with E-state index < -0.39 is 0 Å². The second-order valence-electron chi connectivity index (χ2n) is 5.45. The van der Waals surface area contributed by atoms with Crippen molar-refractivity contribution in [3.8, 4) is 0 Å². The predicted octanol–water partition coefficient (Wildman–Crippen LogP) is 2.89. The molecule has 0 spiro atoms. The Kier molecular flexibility index (Phi) is 4.61. The third-order valence-electron chi connectivity index (χ3n) is 4.11. The van der Waals surface area contributed by atoms with Gasteiger partial charge in [0, 0.05) is 32.7 Å². The van der Waals surface area contributed by atoms with E-state index in [1.807, 2.05) is 6.92 Å². The maximum absolute atomic E-state index is 6.58. The predicted molar refractivity (Wildman–Crippen MR) is 77.3 cm³/mol. The molecule has 106 valence electrons. The van der Waals surface area contributed by atoms with Gasteiger partial charge in [0.1, 0.15) is 0 Å². The summed E-state index contributed by atoms with van der Waals surface area (Å²) < 4.78 is 11.6. The first-order chi connectivity index (χ1) is 9.09. The highest BCUT2D eigenvalue weighted by Crippen LogP contribution is 2.37. The van der Waals surface area contributed by atoms with Gasteiger partial charge in [0.15, 0.2) is 0 Å². The van der Waals surface area contributed by atoms with Gasteiger partial charge in [-0.25, -0.2) is 0 Å². The van der Waals surface area contributed by atoms with Gasteiger partial charge in [-0.1, -0.05) is 23.8 Å².